The predicted molar refractivity (Wildman–Crippen MR) is 109 cm³/mol. The van der Waals surface area contributed by atoms with E-state index in [0.29, 0.717) is 18.2 Å². The van der Waals surface area contributed by atoms with Crippen molar-refractivity contribution in [1.29, 1.82) is 0 Å². The fourth-order valence-corrected chi connectivity index (χ4v) is 4.51. The van der Waals surface area contributed by atoms with Crippen molar-refractivity contribution in [2.75, 3.05) is 0 Å². The molecular formula is C23H35NO5. The summed E-state index contributed by atoms with van der Waals surface area (Å²) in [4.78, 5) is 23.1. The Balaban J connectivity index is 1.35. The largest absolute Gasteiger partial charge is 0.508 e. The molecule has 0 atom stereocenters. The van der Waals surface area contributed by atoms with Crippen LogP contribution in [0.25, 0.3) is 0 Å². The summed E-state index contributed by atoms with van der Waals surface area (Å²) in [6.07, 6.45) is 8.32. The van der Waals surface area contributed by atoms with Crippen LogP contribution in [0.2, 0.25) is 0 Å². The molecule has 2 N–H and O–H groups in total. The third kappa shape index (κ3) is 4.94. The first-order chi connectivity index (χ1) is 13.8. The van der Waals surface area contributed by atoms with Crippen LogP contribution in [0, 0.1) is 0 Å². The van der Waals surface area contributed by atoms with Crippen LogP contribution in [0.1, 0.15) is 95.6 Å². The van der Waals surface area contributed by atoms with Crippen molar-refractivity contribution in [3.63, 3.8) is 0 Å². The predicted octanol–water partition coefficient (Wildman–Crippen LogP) is 5.20. The van der Waals surface area contributed by atoms with Gasteiger partial charge in [-0.2, -0.15) is 19.6 Å². The fourth-order valence-electron chi connectivity index (χ4n) is 4.51. The lowest BCUT2D eigenvalue weighted by Crippen LogP contribution is -2.52. The number of hydrogen-bond donors (Lipinski definition) is 2. The molecule has 2 aliphatic carbocycles. The van der Waals surface area contributed by atoms with Crippen molar-refractivity contribution in [3.05, 3.63) is 29.3 Å². The molecule has 1 aromatic carbocycles. The van der Waals surface area contributed by atoms with Crippen LogP contribution in [0.4, 0.5) is 0 Å². The molecule has 3 fully saturated rings. The second kappa shape index (κ2) is 8.16. The lowest BCUT2D eigenvalue weighted by molar-refractivity contribution is -0.662. The number of phenolic OH excluding ortho intramolecular Hbond substituents is 1. The molecule has 1 heterocycles. The standard InChI is InChI=1S/C23H35NO5/c1-21(2,3)24-16-19-15-18(7-8-20(19)25)17-9-13-23(14-10-17)28-26-22(27-29-23)11-5-4-6-12-22/h7-8,15,17,24-25H,4-6,9-14,16H2,1-3H3. The maximum absolute atomic E-state index is 10.2. The summed E-state index contributed by atoms with van der Waals surface area (Å²) >= 11 is 0. The third-order valence-corrected chi connectivity index (χ3v) is 6.44. The van der Waals surface area contributed by atoms with Crippen molar-refractivity contribution in [2.45, 2.75) is 108 Å². The summed E-state index contributed by atoms with van der Waals surface area (Å²) in [6.45, 7) is 7.02. The minimum Gasteiger partial charge on any atom is -0.508 e. The van der Waals surface area contributed by atoms with E-state index in [1.807, 2.05) is 12.1 Å². The summed E-state index contributed by atoms with van der Waals surface area (Å²) in [6, 6.07) is 5.97. The van der Waals surface area contributed by atoms with E-state index in [9.17, 15) is 5.11 Å². The van der Waals surface area contributed by atoms with Crippen molar-refractivity contribution in [3.8, 4) is 5.75 Å². The van der Waals surface area contributed by atoms with Crippen molar-refractivity contribution in [1.82, 2.24) is 5.32 Å². The Bertz CT molecular complexity index is 688. The first-order valence-electron chi connectivity index (χ1n) is 11.1. The van der Waals surface area contributed by atoms with Crippen molar-refractivity contribution < 1.29 is 24.7 Å². The van der Waals surface area contributed by atoms with Crippen LogP contribution in [0.5, 0.6) is 5.75 Å². The molecule has 6 heteroatoms. The summed E-state index contributed by atoms with van der Waals surface area (Å²) in [7, 11) is 0. The van der Waals surface area contributed by atoms with Crippen LogP contribution < -0.4 is 5.32 Å². The molecule has 0 unspecified atom stereocenters. The van der Waals surface area contributed by atoms with E-state index in [2.05, 4.69) is 32.2 Å². The van der Waals surface area contributed by atoms with Gasteiger partial charge < -0.3 is 10.4 Å². The highest BCUT2D eigenvalue weighted by atomic mass is 17.4. The number of rotatable bonds is 3. The monoisotopic (exact) mass is 405 g/mol. The second-order valence-corrected chi connectivity index (χ2v) is 9.98. The maximum Gasteiger partial charge on any atom is 0.234 e. The van der Waals surface area contributed by atoms with Crippen LogP contribution in [0.15, 0.2) is 18.2 Å². The zero-order valence-corrected chi connectivity index (χ0v) is 18.0. The second-order valence-electron chi connectivity index (χ2n) is 9.98. The minimum atomic E-state index is -0.785. The summed E-state index contributed by atoms with van der Waals surface area (Å²) in [5.41, 5.74) is 2.20. The van der Waals surface area contributed by atoms with Gasteiger partial charge >= 0.3 is 0 Å². The first kappa shape index (κ1) is 21.1. The molecule has 1 saturated heterocycles. The van der Waals surface area contributed by atoms with Gasteiger partial charge in [0.1, 0.15) is 5.75 Å². The van der Waals surface area contributed by atoms with Gasteiger partial charge in [-0.3, -0.25) is 0 Å². The molecule has 0 amide bonds. The molecule has 1 aromatic rings. The molecule has 0 radical (unpaired) electrons. The molecule has 2 spiro atoms. The molecule has 0 aromatic heterocycles. The van der Waals surface area contributed by atoms with Crippen LogP contribution in [-0.2, 0) is 26.1 Å². The van der Waals surface area contributed by atoms with Gasteiger partial charge in [0.15, 0.2) is 0 Å². The molecule has 2 saturated carbocycles. The highest BCUT2D eigenvalue weighted by molar-refractivity contribution is 5.38. The highest BCUT2D eigenvalue weighted by Crippen LogP contribution is 2.47. The number of nitrogens with one attached hydrogen (secondary N) is 1. The summed E-state index contributed by atoms with van der Waals surface area (Å²) in [5.74, 6) is -0.734. The topological polar surface area (TPSA) is 69.2 Å². The van der Waals surface area contributed by atoms with Gasteiger partial charge in [0.05, 0.1) is 0 Å². The normalized spacial score (nSPS) is 24.8. The Morgan fingerprint density at radius 3 is 2.10 bits per heavy atom. The Hall–Kier alpha value is -1.18. The molecular weight excluding hydrogens is 370 g/mol. The van der Waals surface area contributed by atoms with E-state index >= 15 is 0 Å². The Labute approximate surface area is 173 Å². The lowest BCUT2D eigenvalue weighted by Gasteiger charge is -2.46. The van der Waals surface area contributed by atoms with Crippen molar-refractivity contribution in [2.24, 2.45) is 0 Å². The van der Waals surface area contributed by atoms with Crippen LogP contribution in [-0.4, -0.2) is 22.2 Å². The van der Waals surface area contributed by atoms with E-state index < -0.39 is 11.6 Å². The summed E-state index contributed by atoms with van der Waals surface area (Å²) in [5, 5.41) is 13.7. The van der Waals surface area contributed by atoms with Gasteiger partial charge in [0.2, 0.25) is 11.6 Å². The van der Waals surface area contributed by atoms with Gasteiger partial charge in [0, 0.05) is 43.3 Å². The van der Waals surface area contributed by atoms with Gasteiger partial charge in [-0.05, 0) is 64.0 Å². The zero-order chi connectivity index (χ0) is 20.5. The maximum atomic E-state index is 10.2. The first-order valence-corrected chi connectivity index (χ1v) is 11.1. The average molecular weight is 406 g/mol. The Kier molecular flexibility index (Phi) is 5.93. The van der Waals surface area contributed by atoms with E-state index in [1.165, 1.54) is 12.0 Å². The lowest BCUT2D eigenvalue weighted by atomic mass is 9.80. The SMILES string of the molecule is CC(C)(C)NCc1cc(C2CCC3(CC2)OOC2(CCCCC2)OO3)ccc1O. The number of benzene rings is 1. The zero-order valence-electron chi connectivity index (χ0n) is 18.0. The van der Waals surface area contributed by atoms with Gasteiger partial charge in [-0.25, -0.2) is 0 Å². The fraction of sp³-hybridized carbons (Fsp3) is 0.739. The van der Waals surface area contributed by atoms with E-state index in [1.54, 1.807) is 0 Å². The minimum absolute atomic E-state index is 0.00498. The summed E-state index contributed by atoms with van der Waals surface area (Å²) < 4.78 is 0. The quantitative estimate of drug-likeness (QED) is 0.673. The molecule has 0 bridgehead atoms. The molecule has 3 aliphatic rings. The smallest absolute Gasteiger partial charge is 0.234 e. The van der Waals surface area contributed by atoms with Gasteiger partial charge in [-0.15, -0.1) is 0 Å². The van der Waals surface area contributed by atoms with Crippen molar-refractivity contribution >= 4 is 0 Å². The van der Waals surface area contributed by atoms with Crippen LogP contribution >= 0.6 is 0 Å². The van der Waals surface area contributed by atoms with Gasteiger partial charge in [-0.1, -0.05) is 18.6 Å². The molecule has 1 aliphatic heterocycles. The van der Waals surface area contributed by atoms with E-state index in [4.69, 9.17) is 19.6 Å². The van der Waals surface area contributed by atoms with Crippen LogP contribution in [0.3, 0.4) is 0 Å². The number of aromatic hydroxyl groups is 1. The van der Waals surface area contributed by atoms with Gasteiger partial charge in [0.25, 0.3) is 0 Å². The van der Waals surface area contributed by atoms with E-state index in [0.717, 1.165) is 56.9 Å². The Morgan fingerprint density at radius 2 is 1.52 bits per heavy atom. The number of hydrogen-bond acceptors (Lipinski definition) is 6. The molecule has 4 rings (SSSR count). The molecule has 6 nitrogen and oxygen atoms in total. The number of phenols is 1. The highest BCUT2D eigenvalue weighted by Gasteiger charge is 2.50. The molecule has 162 valence electrons. The third-order valence-electron chi connectivity index (χ3n) is 6.44. The van der Waals surface area contributed by atoms with E-state index in [-0.39, 0.29) is 5.54 Å². The Morgan fingerprint density at radius 1 is 0.931 bits per heavy atom. The molecule has 29 heavy (non-hydrogen) atoms. The average Bonchev–Trinajstić information content (AvgIpc) is 2.71.